The molecule has 0 aliphatic carbocycles. The minimum atomic E-state index is -1.73. The van der Waals surface area contributed by atoms with Crippen molar-refractivity contribution in [3.05, 3.63) is 83.9 Å². The topological polar surface area (TPSA) is 69.6 Å². The predicted octanol–water partition coefficient (Wildman–Crippen LogP) is 3.03. The minimum Gasteiger partial charge on any atom is -0.383 e. The van der Waals surface area contributed by atoms with Gasteiger partial charge in [0.1, 0.15) is 17.2 Å². The fourth-order valence-electron chi connectivity index (χ4n) is 4.09. The van der Waals surface area contributed by atoms with Crippen molar-refractivity contribution in [2.24, 2.45) is 0 Å². The summed E-state index contributed by atoms with van der Waals surface area (Å²) in [5, 5.41) is 13.5. The smallest absolute Gasteiger partial charge is 0.245 e. The first kappa shape index (κ1) is 22.6. The summed E-state index contributed by atoms with van der Waals surface area (Å²) in [6.07, 6.45) is 2.05. The third-order valence-corrected chi connectivity index (χ3v) is 5.97. The van der Waals surface area contributed by atoms with Gasteiger partial charge in [0.25, 0.3) is 0 Å². The van der Waals surface area contributed by atoms with Crippen molar-refractivity contribution in [1.82, 2.24) is 10.2 Å². The molecule has 1 saturated heterocycles. The van der Waals surface area contributed by atoms with Crippen molar-refractivity contribution in [1.29, 1.82) is 0 Å². The molecule has 7 heteroatoms. The van der Waals surface area contributed by atoms with E-state index in [2.05, 4.69) is 11.9 Å². The lowest BCUT2D eigenvalue weighted by atomic mass is 9.71. The average molecular weight is 428 g/mol. The number of nitrogens with zero attached hydrogens (tertiary/aromatic N) is 1. The lowest BCUT2D eigenvalue weighted by Gasteiger charge is -2.41. The Balaban J connectivity index is 1.81. The number of benzene rings is 2. The number of carbonyl (C=O) groups excluding carboxylic acids is 2. The summed E-state index contributed by atoms with van der Waals surface area (Å²) >= 11 is 0. The molecule has 0 bridgehead atoms. The molecule has 2 aromatic rings. The molecule has 1 heterocycles. The Kier molecular flexibility index (Phi) is 6.55. The van der Waals surface area contributed by atoms with Crippen molar-refractivity contribution < 1.29 is 23.5 Å². The first-order valence-electron chi connectivity index (χ1n) is 10.1. The second kappa shape index (κ2) is 8.98. The van der Waals surface area contributed by atoms with Crippen molar-refractivity contribution in [2.45, 2.75) is 30.8 Å². The van der Waals surface area contributed by atoms with Gasteiger partial charge >= 0.3 is 0 Å². The Bertz CT molecular complexity index is 968. The number of hydrogen-bond acceptors (Lipinski definition) is 3. The van der Waals surface area contributed by atoms with E-state index in [0.717, 1.165) is 11.6 Å². The Morgan fingerprint density at radius 2 is 1.84 bits per heavy atom. The minimum absolute atomic E-state index is 0.102. The molecule has 3 rings (SSSR count). The van der Waals surface area contributed by atoms with E-state index in [-0.39, 0.29) is 23.9 Å². The fraction of sp³-hybridized carbons (Fsp3) is 0.333. The highest BCUT2D eigenvalue weighted by Gasteiger charge is 2.44. The molecule has 1 atom stereocenters. The maximum atomic E-state index is 14.2. The lowest BCUT2D eigenvalue weighted by molar-refractivity contribution is -0.134. The molecule has 2 N–H and O–H groups in total. The van der Waals surface area contributed by atoms with Crippen molar-refractivity contribution >= 4 is 11.8 Å². The third kappa shape index (κ3) is 4.66. The summed E-state index contributed by atoms with van der Waals surface area (Å²) < 4.78 is 27.4. The number of halogens is 2. The van der Waals surface area contributed by atoms with Crippen LogP contribution in [0.1, 0.15) is 30.9 Å². The molecule has 1 unspecified atom stereocenters. The van der Waals surface area contributed by atoms with Crippen LogP contribution in [0.3, 0.4) is 0 Å². The Morgan fingerprint density at radius 1 is 1.19 bits per heavy atom. The van der Waals surface area contributed by atoms with Gasteiger partial charge in [-0.3, -0.25) is 9.59 Å². The number of amides is 2. The monoisotopic (exact) mass is 428 g/mol. The van der Waals surface area contributed by atoms with Crippen LogP contribution in [0.25, 0.3) is 0 Å². The zero-order valence-corrected chi connectivity index (χ0v) is 17.4. The number of likely N-dealkylation sites (tertiary alicyclic amines) is 1. The van der Waals surface area contributed by atoms with E-state index < -0.39 is 22.7 Å². The van der Waals surface area contributed by atoms with Gasteiger partial charge in [-0.2, -0.15) is 0 Å². The normalized spacial score (nSPS) is 17.5. The number of piperidine rings is 1. The molecule has 2 amide bonds. The molecule has 0 spiro atoms. The molecule has 2 aromatic carbocycles. The lowest BCUT2D eigenvalue weighted by Crippen LogP contribution is -2.54. The average Bonchev–Trinajstić information content (AvgIpc) is 2.77. The second-order valence-electron chi connectivity index (χ2n) is 8.06. The highest BCUT2D eigenvalue weighted by Crippen LogP contribution is 2.36. The van der Waals surface area contributed by atoms with Crippen LogP contribution in [0.5, 0.6) is 0 Å². The quantitative estimate of drug-likeness (QED) is 0.695. The van der Waals surface area contributed by atoms with Crippen LogP contribution in [-0.2, 0) is 20.6 Å². The molecule has 1 aliphatic heterocycles. The van der Waals surface area contributed by atoms with Crippen LogP contribution < -0.4 is 5.32 Å². The summed E-state index contributed by atoms with van der Waals surface area (Å²) in [5.74, 6) is -2.12. The van der Waals surface area contributed by atoms with Gasteiger partial charge in [-0.05, 0) is 37.5 Å². The Hall–Kier alpha value is -3.06. The third-order valence-electron chi connectivity index (χ3n) is 5.97. The van der Waals surface area contributed by atoms with Crippen LogP contribution in [0.15, 0.2) is 61.2 Å². The largest absolute Gasteiger partial charge is 0.383 e. The zero-order valence-electron chi connectivity index (χ0n) is 17.4. The van der Waals surface area contributed by atoms with Gasteiger partial charge < -0.3 is 15.3 Å². The van der Waals surface area contributed by atoms with E-state index in [9.17, 15) is 23.5 Å². The van der Waals surface area contributed by atoms with Crippen LogP contribution in [0.2, 0.25) is 0 Å². The van der Waals surface area contributed by atoms with Crippen LogP contribution in [0.4, 0.5) is 8.78 Å². The SMILES string of the molecule is C=CC(=O)N1CCC(C(=O)NCC(C)(O)c2ccc(F)cc2F)(c2ccccc2)CC1. The Morgan fingerprint density at radius 3 is 2.42 bits per heavy atom. The van der Waals surface area contributed by atoms with Gasteiger partial charge in [-0.25, -0.2) is 8.78 Å². The van der Waals surface area contributed by atoms with Gasteiger partial charge in [-0.1, -0.05) is 43.0 Å². The molecule has 1 fully saturated rings. The Labute approximate surface area is 180 Å². The fourth-order valence-corrected chi connectivity index (χ4v) is 4.09. The molecule has 1 aliphatic rings. The van der Waals surface area contributed by atoms with E-state index >= 15 is 0 Å². The summed E-state index contributed by atoms with van der Waals surface area (Å²) in [5.41, 5.74) is -1.92. The summed E-state index contributed by atoms with van der Waals surface area (Å²) in [7, 11) is 0. The van der Waals surface area contributed by atoms with Crippen LogP contribution in [0, 0.1) is 11.6 Å². The molecular weight excluding hydrogens is 402 g/mol. The summed E-state index contributed by atoms with van der Waals surface area (Å²) in [6, 6.07) is 12.2. The van der Waals surface area contributed by atoms with Gasteiger partial charge in [0.15, 0.2) is 0 Å². The molecule has 0 radical (unpaired) electrons. The van der Waals surface area contributed by atoms with Crippen molar-refractivity contribution in [3.63, 3.8) is 0 Å². The molecule has 0 aromatic heterocycles. The molecule has 164 valence electrons. The van der Waals surface area contributed by atoms with Crippen LogP contribution in [-0.4, -0.2) is 41.5 Å². The number of rotatable bonds is 6. The molecule has 31 heavy (non-hydrogen) atoms. The first-order chi connectivity index (χ1) is 14.7. The summed E-state index contributed by atoms with van der Waals surface area (Å²) in [4.78, 5) is 27.0. The number of aliphatic hydroxyl groups is 1. The van der Waals surface area contributed by atoms with Gasteiger partial charge in [-0.15, -0.1) is 0 Å². The van der Waals surface area contributed by atoms with Crippen molar-refractivity contribution in [3.8, 4) is 0 Å². The number of hydrogen-bond donors (Lipinski definition) is 2. The van der Waals surface area contributed by atoms with E-state index in [0.29, 0.717) is 32.0 Å². The maximum absolute atomic E-state index is 14.2. The molecule has 5 nitrogen and oxygen atoms in total. The standard InChI is InChI=1S/C24H26F2N2O3/c1-3-21(29)28-13-11-24(12-14-28,17-7-5-4-6-8-17)22(30)27-16-23(2,31)19-10-9-18(25)15-20(19)26/h3-10,15,31H,1,11-14,16H2,2H3,(H,27,30). The van der Waals surface area contributed by atoms with E-state index in [1.54, 1.807) is 4.90 Å². The zero-order chi connectivity index (χ0) is 22.6. The highest BCUT2D eigenvalue weighted by atomic mass is 19.1. The maximum Gasteiger partial charge on any atom is 0.245 e. The number of carbonyl (C=O) groups is 2. The number of nitrogens with one attached hydrogen (secondary N) is 1. The second-order valence-corrected chi connectivity index (χ2v) is 8.06. The predicted molar refractivity (Wildman–Crippen MR) is 113 cm³/mol. The van der Waals surface area contributed by atoms with E-state index in [4.69, 9.17) is 0 Å². The van der Waals surface area contributed by atoms with E-state index in [1.807, 2.05) is 30.3 Å². The molecule has 0 saturated carbocycles. The molecular formula is C24H26F2N2O3. The van der Waals surface area contributed by atoms with Gasteiger partial charge in [0.05, 0.1) is 12.0 Å². The van der Waals surface area contributed by atoms with Gasteiger partial charge in [0.2, 0.25) is 11.8 Å². The van der Waals surface area contributed by atoms with E-state index in [1.165, 1.54) is 19.1 Å². The van der Waals surface area contributed by atoms with Crippen molar-refractivity contribution in [2.75, 3.05) is 19.6 Å². The highest BCUT2D eigenvalue weighted by molar-refractivity contribution is 5.90. The van der Waals surface area contributed by atoms with Gasteiger partial charge in [0, 0.05) is 24.7 Å². The van der Waals surface area contributed by atoms with Crippen LogP contribution >= 0.6 is 0 Å². The first-order valence-corrected chi connectivity index (χ1v) is 10.1. The summed E-state index contributed by atoms with van der Waals surface area (Å²) in [6.45, 7) is 5.39.